The zero-order valence-electron chi connectivity index (χ0n) is 12.7. The second kappa shape index (κ2) is 6.34. The van der Waals surface area contributed by atoms with Crippen LogP contribution < -0.4 is 0 Å². The van der Waals surface area contributed by atoms with Gasteiger partial charge in [0.2, 0.25) is 0 Å². The molecule has 0 aliphatic heterocycles. The molecule has 2 aromatic carbocycles. The van der Waals surface area contributed by atoms with Crippen LogP contribution in [0.2, 0.25) is 5.02 Å². The average Bonchev–Trinajstić information content (AvgIpc) is 2.92. The van der Waals surface area contributed by atoms with Crippen LogP contribution in [-0.4, -0.2) is 28.8 Å². The molecule has 1 heterocycles. The van der Waals surface area contributed by atoms with Crippen molar-refractivity contribution in [3.63, 3.8) is 0 Å². The van der Waals surface area contributed by atoms with Gasteiger partial charge >= 0.3 is 0 Å². The van der Waals surface area contributed by atoms with Gasteiger partial charge in [-0.05, 0) is 38.4 Å². The van der Waals surface area contributed by atoms with Crippen LogP contribution in [0.4, 0.5) is 0 Å². The number of para-hydroxylation sites is 1. The molecule has 1 aromatic heterocycles. The van der Waals surface area contributed by atoms with Crippen LogP contribution >= 0.6 is 11.6 Å². The van der Waals surface area contributed by atoms with Gasteiger partial charge in [-0.2, -0.15) is 5.10 Å². The SMILES string of the molecule is CN(C)Cc1cn(-c2ccccc2)nc1-c1ccc(Cl)cc1. The van der Waals surface area contributed by atoms with Gasteiger partial charge in [-0.15, -0.1) is 0 Å². The number of benzene rings is 2. The minimum absolute atomic E-state index is 0.736. The van der Waals surface area contributed by atoms with Crippen molar-refractivity contribution in [2.24, 2.45) is 0 Å². The standard InChI is InChI=1S/C18H18ClN3/c1-21(2)12-15-13-22(17-6-4-3-5-7-17)20-18(15)14-8-10-16(19)11-9-14/h3-11,13H,12H2,1-2H3. The van der Waals surface area contributed by atoms with Gasteiger partial charge in [-0.3, -0.25) is 0 Å². The first-order valence-corrected chi connectivity index (χ1v) is 7.56. The summed E-state index contributed by atoms with van der Waals surface area (Å²) >= 11 is 5.99. The van der Waals surface area contributed by atoms with E-state index in [0.29, 0.717) is 0 Å². The molecule has 0 radical (unpaired) electrons. The van der Waals surface area contributed by atoms with E-state index in [9.17, 15) is 0 Å². The zero-order valence-corrected chi connectivity index (χ0v) is 13.5. The molecule has 0 amide bonds. The van der Waals surface area contributed by atoms with Gasteiger partial charge < -0.3 is 4.90 Å². The van der Waals surface area contributed by atoms with E-state index in [-0.39, 0.29) is 0 Å². The molecule has 0 aliphatic rings. The van der Waals surface area contributed by atoms with Crippen molar-refractivity contribution < 1.29 is 0 Å². The van der Waals surface area contributed by atoms with Gasteiger partial charge in [0.1, 0.15) is 0 Å². The molecule has 0 saturated carbocycles. The van der Waals surface area contributed by atoms with Crippen molar-refractivity contribution in [2.45, 2.75) is 6.54 Å². The lowest BCUT2D eigenvalue weighted by Crippen LogP contribution is -2.10. The summed E-state index contributed by atoms with van der Waals surface area (Å²) in [4.78, 5) is 2.14. The summed E-state index contributed by atoms with van der Waals surface area (Å²) in [5.74, 6) is 0. The van der Waals surface area contributed by atoms with Crippen LogP contribution in [0.1, 0.15) is 5.56 Å². The molecule has 0 aliphatic carbocycles. The second-order valence-corrected chi connectivity index (χ2v) is 5.96. The number of halogens is 1. The Hall–Kier alpha value is -2.10. The smallest absolute Gasteiger partial charge is 0.0972 e. The molecule has 0 N–H and O–H groups in total. The molecule has 3 rings (SSSR count). The summed E-state index contributed by atoms with van der Waals surface area (Å²) in [6.45, 7) is 0.838. The summed E-state index contributed by atoms with van der Waals surface area (Å²) in [5.41, 5.74) is 4.32. The van der Waals surface area contributed by atoms with Crippen molar-refractivity contribution in [2.75, 3.05) is 14.1 Å². The molecule has 0 spiro atoms. The largest absolute Gasteiger partial charge is 0.305 e. The molecule has 0 atom stereocenters. The highest BCUT2D eigenvalue weighted by atomic mass is 35.5. The van der Waals surface area contributed by atoms with Crippen LogP contribution in [0.15, 0.2) is 60.8 Å². The van der Waals surface area contributed by atoms with E-state index in [2.05, 4.69) is 37.3 Å². The van der Waals surface area contributed by atoms with Crippen molar-refractivity contribution in [3.05, 3.63) is 71.4 Å². The molecular formula is C18H18ClN3. The third-order valence-electron chi connectivity index (χ3n) is 3.41. The number of hydrogen-bond donors (Lipinski definition) is 0. The van der Waals surface area contributed by atoms with E-state index < -0.39 is 0 Å². The Balaban J connectivity index is 2.07. The van der Waals surface area contributed by atoms with Gasteiger partial charge in [0.15, 0.2) is 0 Å². The Morgan fingerprint density at radius 2 is 1.68 bits per heavy atom. The van der Waals surface area contributed by atoms with E-state index in [1.54, 1.807) is 0 Å². The van der Waals surface area contributed by atoms with Crippen LogP contribution in [0.25, 0.3) is 16.9 Å². The summed E-state index contributed by atoms with van der Waals surface area (Å²) in [6, 6.07) is 18.0. The number of hydrogen-bond acceptors (Lipinski definition) is 2. The number of nitrogens with zero attached hydrogens (tertiary/aromatic N) is 3. The molecule has 0 saturated heterocycles. The molecule has 22 heavy (non-hydrogen) atoms. The molecule has 0 bridgehead atoms. The van der Waals surface area contributed by atoms with E-state index in [1.165, 1.54) is 5.56 Å². The monoisotopic (exact) mass is 311 g/mol. The Morgan fingerprint density at radius 1 is 1.00 bits per heavy atom. The van der Waals surface area contributed by atoms with Crippen LogP contribution in [0, 0.1) is 0 Å². The Labute approximate surface area is 135 Å². The normalized spacial score (nSPS) is 11.1. The molecule has 0 fully saturated rings. The molecule has 112 valence electrons. The van der Waals surface area contributed by atoms with Crippen molar-refractivity contribution in [1.82, 2.24) is 14.7 Å². The fourth-order valence-corrected chi connectivity index (χ4v) is 2.56. The van der Waals surface area contributed by atoms with Gasteiger partial charge in [0.05, 0.1) is 11.4 Å². The second-order valence-electron chi connectivity index (χ2n) is 5.53. The summed E-state index contributed by atoms with van der Waals surface area (Å²) < 4.78 is 1.93. The maximum atomic E-state index is 5.99. The minimum atomic E-state index is 0.736. The lowest BCUT2D eigenvalue weighted by Gasteiger charge is -2.09. The summed E-state index contributed by atoms with van der Waals surface area (Å²) in [5, 5.41) is 5.52. The van der Waals surface area contributed by atoms with Crippen LogP contribution in [0.5, 0.6) is 0 Å². The molecule has 3 aromatic rings. The predicted molar refractivity (Wildman–Crippen MR) is 91.4 cm³/mol. The number of rotatable bonds is 4. The van der Waals surface area contributed by atoms with Crippen LogP contribution in [-0.2, 0) is 6.54 Å². The molecule has 0 unspecified atom stereocenters. The van der Waals surface area contributed by atoms with E-state index >= 15 is 0 Å². The maximum Gasteiger partial charge on any atom is 0.0972 e. The highest BCUT2D eigenvalue weighted by molar-refractivity contribution is 6.30. The lowest BCUT2D eigenvalue weighted by atomic mass is 10.1. The highest BCUT2D eigenvalue weighted by Crippen LogP contribution is 2.25. The Kier molecular flexibility index (Phi) is 4.27. The summed E-state index contributed by atoms with van der Waals surface area (Å²) in [7, 11) is 4.12. The fraction of sp³-hybridized carbons (Fsp3) is 0.167. The first kappa shape index (κ1) is 14.8. The zero-order chi connectivity index (χ0) is 15.5. The quantitative estimate of drug-likeness (QED) is 0.718. The van der Waals surface area contributed by atoms with Crippen molar-refractivity contribution >= 4 is 11.6 Å². The first-order chi connectivity index (χ1) is 10.6. The maximum absolute atomic E-state index is 5.99. The minimum Gasteiger partial charge on any atom is -0.305 e. The van der Waals surface area contributed by atoms with E-state index in [1.807, 2.05) is 47.1 Å². The van der Waals surface area contributed by atoms with Crippen molar-refractivity contribution in [3.8, 4) is 16.9 Å². The Bertz CT molecular complexity index is 746. The molecular weight excluding hydrogens is 294 g/mol. The molecule has 4 heteroatoms. The van der Waals surface area contributed by atoms with Gasteiger partial charge in [0.25, 0.3) is 0 Å². The average molecular weight is 312 g/mol. The van der Waals surface area contributed by atoms with E-state index in [4.69, 9.17) is 16.7 Å². The lowest BCUT2D eigenvalue weighted by molar-refractivity contribution is 0.403. The fourth-order valence-electron chi connectivity index (χ4n) is 2.43. The third-order valence-corrected chi connectivity index (χ3v) is 3.67. The first-order valence-electron chi connectivity index (χ1n) is 7.18. The predicted octanol–water partition coefficient (Wildman–Crippen LogP) is 4.25. The van der Waals surface area contributed by atoms with Crippen LogP contribution in [0.3, 0.4) is 0 Å². The van der Waals surface area contributed by atoms with Gasteiger partial charge in [0, 0.05) is 28.9 Å². The highest BCUT2D eigenvalue weighted by Gasteiger charge is 2.13. The van der Waals surface area contributed by atoms with E-state index in [0.717, 1.165) is 28.5 Å². The topological polar surface area (TPSA) is 21.1 Å². The molecule has 3 nitrogen and oxygen atoms in total. The Morgan fingerprint density at radius 3 is 2.32 bits per heavy atom. The van der Waals surface area contributed by atoms with Gasteiger partial charge in [-0.25, -0.2) is 4.68 Å². The third kappa shape index (κ3) is 3.21. The number of aromatic nitrogens is 2. The summed E-state index contributed by atoms with van der Waals surface area (Å²) in [6.07, 6.45) is 2.10. The van der Waals surface area contributed by atoms with Crippen molar-refractivity contribution in [1.29, 1.82) is 0 Å². The van der Waals surface area contributed by atoms with Gasteiger partial charge in [-0.1, -0.05) is 41.9 Å².